The molecule has 0 saturated carbocycles. The van der Waals surface area contributed by atoms with Gasteiger partial charge in [-0.2, -0.15) is 0 Å². The first-order valence-corrected chi connectivity index (χ1v) is 12.0. The minimum absolute atomic E-state index is 0.0358. The number of halogens is 2. The summed E-state index contributed by atoms with van der Waals surface area (Å²) in [5.41, 5.74) is 5.06. The van der Waals surface area contributed by atoms with Gasteiger partial charge in [-0.3, -0.25) is 4.79 Å². The van der Waals surface area contributed by atoms with Gasteiger partial charge in [-0.1, -0.05) is 71.7 Å². The Balaban J connectivity index is 1.53. The largest absolute Gasteiger partial charge is 0.513 e. The van der Waals surface area contributed by atoms with Crippen molar-refractivity contribution in [2.45, 2.75) is 20.0 Å². The number of ether oxygens (including phenoxy) is 1. The Kier molecular flexibility index (Phi) is 7.98. The molecule has 2 N–H and O–H groups in total. The molecule has 0 saturated heterocycles. The lowest BCUT2D eigenvalue weighted by molar-refractivity contribution is 0.0953. The van der Waals surface area contributed by atoms with Crippen molar-refractivity contribution in [2.75, 3.05) is 6.54 Å². The first kappa shape index (κ1) is 25.4. The fourth-order valence-corrected chi connectivity index (χ4v) is 4.04. The molecule has 0 aliphatic rings. The smallest absolute Gasteiger partial charge is 0.251 e. The number of aromatic nitrogens is 2. The molecule has 6 nitrogen and oxygen atoms in total. The number of hydrogen-bond acceptors (Lipinski definition) is 4. The Hall–Kier alpha value is -3.74. The molecule has 0 bridgehead atoms. The Bertz CT molecular complexity index is 1360. The average Bonchev–Trinajstić information content (AvgIpc) is 3.27. The molecule has 0 unspecified atom stereocenters. The van der Waals surface area contributed by atoms with Crippen molar-refractivity contribution in [1.82, 2.24) is 15.1 Å². The quantitative estimate of drug-likeness (QED) is 0.234. The van der Waals surface area contributed by atoms with Gasteiger partial charge in [0.1, 0.15) is 6.61 Å². The molecule has 0 aliphatic carbocycles. The van der Waals surface area contributed by atoms with E-state index >= 15 is 0 Å². The maximum atomic E-state index is 12.2. The van der Waals surface area contributed by atoms with Crippen LogP contribution in [0.4, 0.5) is 0 Å². The molecule has 184 valence electrons. The number of aryl methyl sites for hydroxylation is 1. The number of benzene rings is 3. The molecular formula is C28H25Cl2N3O3. The monoisotopic (exact) mass is 521 g/mol. The number of amides is 1. The van der Waals surface area contributed by atoms with E-state index in [1.54, 1.807) is 35.0 Å². The van der Waals surface area contributed by atoms with Crippen LogP contribution in [0.1, 0.15) is 27.9 Å². The van der Waals surface area contributed by atoms with Crippen LogP contribution < -0.4 is 10.1 Å². The first-order valence-electron chi connectivity index (χ1n) is 11.3. The first-order chi connectivity index (χ1) is 17.3. The second-order valence-electron chi connectivity index (χ2n) is 8.34. The fourth-order valence-electron chi connectivity index (χ4n) is 3.53. The Morgan fingerprint density at radius 3 is 2.36 bits per heavy atom. The lowest BCUT2D eigenvalue weighted by Gasteiger charge is -2.08. The third-order valence-corrected chi connectivity index (χ3v) is 5.88. The molecule has 3 aromatic carbocycles. The predicted octanol–water partition coefficient (Wildman–Crippen LogP) is 6.93. The second kappa shape index (κ2) is 11.3. The summed E-state index contributed by atoms with van der Waals surface area (Å²) in [6.07, 6.45) is 2.20. The number of rotatable bonds is 9. The molecule has 8 heteroatoms. The van der Waals surface area contributed by atoms with E-state index in [9.17, 15) is 4.79 Å². The highest BCUT2D eigenvalue weighted by Crippen LogP contribution is 2.32. The molecule has 4 rings (SSSR count). The van der Waals surface area contributed by atoms with Crippen LogP contribution in [0.5, 0.6) is 5.88 Å². The lowest BCUT2D eigenvalue weighted by atomic mass is 10.1. The maximum Gasteiger partial charge on any atom is 0.251 e. The van der Waals surface area contributed by atoms with Gasteiger partial charge in [-0.25, -0.2) is 4.68 Å². The van der Waals surface area contributed by atoms with Crippen molar-refractivity contribution in [3.05, 3.63) is 112 Å². The SMILES string of the molecule is C=C(O)CCNC(=O)c1ccc(COc2nn(-c3cc(Cl)cc(Cl)c3)cc2-c2ccc(C)cc2)cc1. The van der Waals surface area contributed by atoms with E-state index in [0.717, 1.165) is 27.9 Å². The minimum atomic E-state index is -0.218. The number of carbonyl (C=O) groups is 1. The van der Waals surface area contributed by atoms with Gasteiger partial charge in [-0.05, 0) is 48.4 Å². The van der Waals surface area contributed by atoms with Crippen molar-refractivity contribution in [3.63, 3.8) is 0 Å². The van der Waals surface area contributed by atoms with Gasteiger partial charge in [-0.15, -0.1) is 5.10 Å². The minimum Gasteiger partial charge on any atom is -0.513 e. The topological polar surface area (TPSA) is 76.4 Å². The number of carbonyl (C=O) groups excluding carboxylic acids is 1. The van der Waals surface area contributed by atoms with Gasteiger partial charge in [0.25, 0.3) is 5.91 Å². The van der Waals surface area contributed by atoms with Gasteiger partial charge in [0, 0.05) is 34.8 Å². The number of aliphatic hydroxyl groups is 1. The van der Waals surface area contributed by atoms with Crippen LogP contribution in [0.25, 0.3) is 16.8 Å². The molecule has 0 aliphatic heterocycles. The summed E-state index contributed by atoms with van der Waals surface area (Å²) in [5.74, 6) is 0.277. The second-order valence-corrected chi connectivity index (χ2v) is 9.22. The van der Waals surface area contributed by atoms with E-state index in [1.807, 2.05) is 49.5 Å². The van der Waals surface area contributed by atoms with Crippen molar-refractivity contribution in [3.8, 4) is 22.7 Å². The highest BCUT2D eigenvalue weighted by molar-refractivity contribution is 6.34. The van der Waals surface area contributed by atoms with Gasteiger partial charge < -0.3 is 15.2 Å². The number of hydrogen-bond donors (Lipinski definition) is 2. The summed E-state index contributed by atoms with van der Waals surface area (Å²) in [6.45, 7) is 6.03. The van der Waals surface area contributed by atoms with Crippen molar-refractivity contribution in [1.29, 1.82) is 0 Å². The van der Waals surface area contributed by atoms with Crippen molar-refractivity contribution >= 4 is 29.1 Å². The summed E-state index contributed by atoms with van der Waals surface area (Å²) in [7, 11) is 0. The zero-order valence-electron chi connectivity index (χ0n) is 19.7. The third-order valence-electron chi connectivity index (χ3n) is 5.45. The van der Waals surface area contributed by atoms with E-state index in [2.05, 4.69) is 17.0 Å². The summed E-state index contributed by atoms with van der Waals surface area (Å²) < 4.78 is 7.82. The van der Waals surface area contributed by atoms with Crippen LogP contribution in [-0.4, -0.2) is 27.3 Å². The average molecular weight is 522 g/mol. The van der Waals surface area contributed by atoms with Crippen LogP contribution in [0.15, 0.2) is 85.3 Å². The van der Waals surface area contributed by atoms with E-state index in [4.69, 9.17) is 33.0 Å². The fraction of sp³-hybridized carbons (Fsp3) is 0.143. The number of nitrogens with zero attached hydrogens (tertiary/aromatic N) is 2. The van der Waals surface area contributed by atoms with Crippen LogP contribution in [0, 0.1) is 6.92 Å². The molecular weight excluding hydrogens is 497 g/mol. The van der Waals surface area contributed by atoms with Crippen LogP contribution in [0.3, 0.4) is 0 Å². The van der Waals surface area contributed by atoms with E-state index in [0.29, 0.717) is 34.5 Å². The molecule has 36 heavy (non-hydrogen) atoms. The summed E-state index contributed by atoms with van der Waals surface area (Å²) in [6, 6.07) is 20.5. The highest BCUT2D eigenvalue weighted by Gasteiger charge is 2.15. The third kappa shape index (κ3) is 6.47. The molecule has 0 spiro atoms. The van der Waals surface area contributed by atoms with E-state index in [1.165, 1.54) is 0 Å². The molecule has 1 amide bonds. The van der Waals surface area contributed by atoms with Gasteiger partial charge in [0.15, 0.2) is 0 Å². The normalized spacial score (nSPS) is 10.8. The Morgan fingerprint density at radius 1 is 1.06 bits per heavy atom. The van der Waals surface area contributed by atoms with Gasteiger partial charge in [0.05, 0.1) is 17.0 Å². The maximum absolute atomic E-state index is 12.2. The zero-order valence-corrected chi connectivity index (χ0v) is 21.2. The summed E-state index contributed by atoms with van der Waals surface area (Å²) in [4.78, 5) is 12.2. The van der Waals surface area contributed by atoms with E-state index < -0.39 is 0 Å². The Morgan fingerprint density at radius 2 is 1.72 bits per heavy atom. The van der Waals surface area contributed by atoms with Gasteiger partial charge >= 0.3 is 0 Å². The van der Waals surface area contributed by atoms with Crippen LogP contribution in [0.2, 0.25) is 10.0 Å². The van der Waals surface area contributed by atoms with E-state index in [-0.39, 0.29) is 18.3 Å². The molecule has 1 aromatic heterocycles. The summed E-state index contributed by atoms with van der Waals surface area (Å²) >= 11 is 12.4. The molecule has 1 heterocycles. The van der Waals surface area contributed by atoms with Crippen molar-refractivity contribution < 1.29 is 14.6 Å². The van der Waals surface area contributed by atoms with Crippen molar-refractivity contribution in [2.24, 2.45) is 0 Å². The van der Waals surface area contributed by atoms with Gasteiger partial charge in [0.2, 0.25) is 5.88 Å². The number of aliphatic hydroxyl groups excluding tert-OH is 1. The lowest BCUT2D eigenvalue weighted by Crippen LogP contribution is -2.24. The molecule has 0 radical (unpaired) electrons. The molecule has 0 fully saturated rings. The van der Waals surface area contributed by atoms with Crippen LogP contribution in [-0.2, 0) is 6.61 Å². The van der Waals surface area contributed by atoms with Crippen LogP contribution >= 0.6 is 23.2 Å². The predicted molar refractivity (Wildman–Crippen MR) is 143 cm³/mol. The summed E-state index contributed by atoms with van der Waals surface area (Å²) in [5, 5.41) is 17.6. The Labute approximate surface area is 219 Å². The molecule has 0 atom stereocenters. The highest BCUT2D eigenvalue weighted by atomic mass is 35.5. The molecule has 4 aromatic rings. The zero-order chi connectivity index (χ0) is 25.7. The standard InChI is InChI=1S/C28H25Cl2N3O3/c1-18-3-7-21(8-4-18)26-16-33(25-14-23(29)13-24(30)15-25)32-28(26)36-17-20-5-9-22(10-6-20)27(35)31-12-11-19(2)34/h3-10,13-16,34H,2,11-12,17H2,1H3,(H,31,35). The number of nitrogens with one attached hydrogen (secondary N) is 1.